The number of fused-ring (bicyclic) bond motifs is 1. The molecule has 1 aliphatic carbocycles. The van der Waals surface area contributed by atoms with Crippen LogP contribution in [0.4, 0.5) is 0 Å². The Hall–Kier alpha value is -1.49. The number of aromatic nitrogens is 1. The number of para-hydroxylation sites is 2. The van der Waals surface area contributed by atoms with Gasteiger partial charge in [-0.1, -0.05) is 43.7 Å². The first-order valence-corrected chi connectivity index (χ1v) is 8.84. The average molecular weight is 318 g/mol. The number of nitrogens with one attached hydrogen (secondary N) is 1. The number of oxazole rings is 1. The Morgan fingerprint density at radius 3 is 2.91 bits per heavy atom. The molecule has 5 heteroatoms. The summed E-state index contributed by atoms with van der Waals surface area (Å²) in [6, 6.07) is 7.97. The molecule has 0 saturated heterocycles. The van der Waals surface area contributed by atoms with E-state index in [0.717, 1.165) is 17.5 Å². The Labute approximate surface area is 135 Å². The van der Waals surface area contributed by atoms with Crippen LogP contribution in [0.25, 0.3) is 11.1 Å². The van der Waals surface area contributed by atoms with Crippen LogP contribution < -0.4 is 5.32 Å². The summed E-state index contributed by atoms with van der Waals surface area (Å²) in [5.74, 6) is 0.644. The van der Waals surface area contributed by atoms with Gasteiger partial charge in [-0.25, -0.2) is 4.98 Å². The smallest absolute Gasteiger partial charge is 0.257 e. The van der Waals surface area contributed by atoms with Gasteiger partial charge in [-0.2, -0.15) is 0 Å². The molecule has 1 N–H and O–H groups in total. The highest BCUT2D eigenvalue weighted by atomic mass is 32.2. The fourth-order valence-electron chi connectivity index (χ4n) is 2.94. The van der Waals surface area contributed by atoms with Crippen LogP contribution in [-0.4, -0.2) is 22.2 Å². The molecule has 1 fully saturated rings. The molecule has 0 bridgehead atoms. The topological polar surface area (TPSA) is 55.1 Å². The van der Waals surface area contributed by atoms with Gasteiger partial charge >= 0.3 is 0 Å². The van der Waals surface area contributed by atoms with E-state index in [1.165, 1.54) is 31.0 Å². The molecule has 22 heavy (non-hydrogen) atoms. The van der Waals surface area contributed by atoms with E-state index in [-0.39, 0.29) is 11.2 Å². The first-order chi connectivity index (χ1) is 10.6. The van der Waals surface area contributed by atoms with Gasteiger partial charge in [-0.3, -0.25) is 4.79 Å². The predicted octanol–water partition coefficient (Wildman–Crippen LogP) is 4.00. The number of thioether (sulfide) groups is 1. The van der Waals surface area contributed by atoms with E-state index in [1.807, 2.05) is 31.2 Å². The van der Waals surface area contributed by atoms with E-state index in [4.69, 9.17) is 4.42 Å². The third-order valence-electron chi connectivity index (χ3n) is 4.36. The van der Waals surface area contributed by atoms with Crippen LogP contribution in [-0.2, 0) is 4.79 Å². The lowest BCUT2D eigenvalue weighted by molar-refractivity contribution is -0.121. The van der Waals surface area contributed by atoms with E-state index in [2.05, 4.69) is 17.2 Å². The minimum atomic E-state index is -0.206. The Bertz CT molecular complexity index is 622. The lowest BCUT2D eigenvalue weighted by Gasteiger charge is -2.30. The number of amides is 1. The fraction of sp³-hybridized carbons (Fsp3) is 0.529. The largest absolute Gasteiger partial charge is 0.431 e. The molecule has 2 aromatic rings. The van der Waals surface area contributed by atoms with Gasteiger partial charge in [0.15, 0.2) is 5.58 Å². The Morgan fingerprint density at radius 2 is 2.14 bits per heavy atom. The number of hydrogen-bond acceptors (Lipinski definition) is 4. The molecule has 0 aliphatic heterocycles. The van der Waals surface area contributed by atoms with Crippen molar-refractivity contribution in [3.63, 3.8) is 0 Å². The molecule has 118 valence electrons. The van der Waals surface area contributed by atoms with Crippen LogP contribution >= 0.6 is 11.8 Å². The molecule has 1 amide bonds. The van der Waals surface area contributed by atoms with Crippen molar-refractivity contribution in [2.45, 2.75) is 56.0 Å². The fourth-order valence-corrected chi connectivity index (χ4v) is 3.70. The summed E-state index contributed by atoms with van der Waals surface area (Å²) in [5, 5.41) is 3.54. The maximum atomic E-state index is 12.4. The normalized spacial score (nSPS) is 23.4. The minimum Gasteiger partial charge on any atom is -0.431 e. The van der Waals surface area contributed by atoms with Gasteiger partial charge in [-0.05, 0) is 37.8 Å². The van der Waals surface area contributed by atoms with Crippen LogP contribution in [0, 0.1) is 5.92 Å². The summed E-state index contributed by atoms with van der Waals surface area (Å²) in [6.07, 6.45) is 4.79. The lowest BCUT2D eigenvalue weighted by Crippen LogP contribution is -2.44. The predicted molar refractivity (Wildman–Crippen MR) is 88.9 cm³/mol. The Kier molecular flexibility index (Phi) is 4.71. The molecule has 3 rings (SSSR count). The third-order valence-corrected chi connectivity index (χ3v) is 5.30. The molecule has 4 nitrogen and oxygen atoms in total. The maximum Gasteiger partial charge on any atom is 0.257 e. The second-order valence-corrected chi connectivity index (χ2v) is 7.38. The maximum absolute atomic E-state index is 12.4. The van der Waals surface area contributed by atoms with Crippen molar-refractivity contribution in [3.05, 3.63) is 24.3 Å². The number of benzene rings is 1. The summed E-state index contributed by atoms with van der Waals surface area (Å²) in [6.45, 7) is 4.13. The summed E-state index contributed by atoms with van der Waals surface area (Å²) >= 11 is 1.38. The highest BCUT2D eigenvalue weighted by molar-refractivity contribution is 8.00. The van der Waals surface area contributed by atoms with Gasteiger partial charge in [0.05, 0.1) is 5.25 Å². The highest BCUT2D eigenvalue weighted by Gasteiger charge is 2.26. The van der Waals surface area contributed by atoms with Crippen molar-refractivity contribution in [2.75, 3.05) is 0 Å². The molecule has 1 heterocycles. The number of hydrogen-bond donors (Lipinski definition) is 1. The number of carbonyl (C=O) groups excluding carboxylic acids is 1. The van der Waals surface area contributed by atoms with Gasteiger partial charge in [0.25, 0.3) is 5.22 Å². The van der Waals surface area contributed by atoms with Crippen molar-refractivity contribution in [3.8, 4) is 0 Å². The van der Waals surface area contributed by atoms with E-state index in [9.17, 15) is 4.79 Å². The zero-order valence-corrected chi connectivity index (χ0v) is 13.9. The first-order valence-electron chi connectivity index (χ1n) is 7.96. The van der Waals surface area contributed by atoms with Crippen LogP contribution in [0.5, 0.6) is 0 Å². The molecular weight excluding hydrogens is 296 g/mol. The number of nitrogens with zero attached hydrogens (tertiary/aromatic N) is 1. The van der Waals surface area contributed by atoms with Gasteiger partial charge < -0.3 is 9.73 Å². The second kappa shape index (κ2) is 6.73. The summed E-state index contributed by atoms with van der Waals surface area (Å²) in [7, 11) is 0. The van der Waals surface area contributed by atoms with E-state index in [1.54, 1.807) is 0 Å². The van der Waals surface area contributed by atoms with Crippen molar-refractivity contribution in [1.29, 1.82) is 0 Å². The van der Waals surface area contributed by atoms with Gasteiger partial charge in [-0.15, -0.1) is 0 Å². The molecule has 0 unspecified atom stereocenters. The van der Waals surface area contributed by atoms with Gasteiger partial charge in [0.1, 0.15) is 5.52 Å². The van der Waals surface area contributed by atoms with Crippen molar-refractivity contribution < 1.29 is 9.21 Å². The highest BCUT2D eigenvalue weighted by Crippen LogP contribution is 2.28. The lowest BCUT2D eigenvalue weighted by atomic mass is 9.86. The molecule has 1 aromatic carbocycles. The molecule has 1 aliphatic rings. The SMILES string of the molecule is C[C@@H]1CCCC[C@@H]1NC(=O)[C@@H](C)Sc1nc2ccccc2o1. The molecule has 1 aromatic heterocycles. The van der Waals surface area contributed by atoms with E-state index < -0.39 is 0 Å². The van der Waals surface area contributed by atoms with Crippen molar-refractivity contribution in [2.24, 2.45) is 5.92 Å². The van der Waals surface area contributed by atoms with Crippen molar-refractivity contribution >= 4 is 28.8 Å². The average Bonchev–Trinajstić information content (AvgIpc) is 2.91. The second-order valence-electron chi connectivity index (χ2n) is 6.08. The van der Waals surface area contributed by atoms with Crippen molar-refractivity contribution in [1.82, 2.24) is 10.3 Å². The zero-order chi connectivity index (χ0) is 15.5. The van der Waals surface area contributed by atoms with E-state index in [0.29, 0.717) is 17.2 Å². The molecule has 3 atom stereocenters. The van der Waals surface area contributed by atoms with Gasteiger partial charge in [0.2, 0.25) is 5.91 Å². The quantitative estimate of drug-likeness (QED) is 0.866. The minimum absolute atomic E-state index is 0.0750. The van der Waals surface area contributed by atoms with Crippen LogP contribution in [0.15, 0.2) is 33.9 Å². The standard InChI is InChI=1S/C17H22N2O2S/c1-11-7-3-4-8-13(11)18-16(20)12(2)22-17-19-14-9-5-6-10-15(14)21-17/h5-6,9-13H,3-4,7-8H2,1-2H3,(H,18,20)/t11-,12-,13+/m1/s1. The third kappa shape index (κ3) is 3.46. The van der Waals surface area contributed by atoms with Crippen LogP contribution in [0.1, 0.15) is 39.5 Å². The Morgan fingerprint density at radius 1 is 1.36 bits per heavy atom. The van der Waals surface area contributed by atoms with Crippen LogP contribution in [0.2, 0.25) is 0 Å². The first kappa shape index (κ1) is 15.4. The Balaban J connectivity index is 1.60. The van der Waals surface area contributed by atoms with Crippen LogP contribution in [0.3, 0.4) is 0 Å². The summed E-state index contributed by atoms with van der Waals surface area (Å²) in [4.78, 5) is 16.8. The van der Waals surface area contributed by atoms with E-state index >= 15 is 0 Å². The number of rotatable bonds is 4. The molecule has 1 saturated carbocycles. The summed E-state index contributed by atoms with van der Waals surface area (Å²) < 4.78 is 5.67. The van der Waals surface area contributed by atoms with Gasteiger partial charge in [0, 0.05) is 6.04 Å². The molecule has 0 radical (unpaired) electrons. The number of carbonyl (C=O) groups is 1. The monoisotopic (exact) mass is 318 g/mol. The molecular formula is C17H22N2O2S. The zero-order valence-electron chi connectivity index (χ0n) is 13.0. The summed E-state index contributed by atoms with van der Waals surface area (Å²) in [5.41, 5.74) is 1.59. The molecule has 0 spiro atoms.